The van der Waals surface area contributed by atoms with Gasteiger partial charge in [0.2, 0.25) is 0 Å². The lowest BCUT2D eigenvalue weighted by Gasteiger charge is -2.12. The summed E-state index contributed by atoms with van der Waals surface area (Å²) in [5, 5.41) is 26.4. The predicted molar refractivity (Wildman–Crippen MR) is 108 cm³/mol. The highest BCUT2D eigenvalue weighted by atomic mass is 16.6. The van der Waals surface area contributed by atoms with Gasteiger partial charge in [-0.25, -0.2) is 4.98 Å². The lowest BCUT2D eigenvalue weighted by molar-refractivity contribution is -0.385. The maximum Gasteiger partial charge on any atom is 0.311 e. The van der Waals surface area contributed by atoms with E-state index in [1.165, 1.54) is 30.3 Å². The number of anilines is 3. The summed E-state index contributed by atoms with van der Waals surface area (Å²) < 4.78 is 5.23. The molecule has 1 amide bonds. The van der Waals surface area contributed by atoms with Crippen molar-refractivity contribution in [3.63, 3.8) is 0 Å². The molecule has 9 nitrogen and oxygen atoms in total. The molecular formula is C20H18N4O5. The molecule has 0 aliphatic rings. The van der Waals surface area contributed by atoms with Crippen molar-refractivity contribution in [1.82, 2.24) is 4.98 Å². The van der Waals surface area contributed by atoms with Crippen molar-refractivity contribution in [1.29, 1.82) is 0 Å². The minimum Gasteiger partial charge on any atom is -0.508 e. The van der Waals surface area contributed by atoms with E-state index in [0.29, 0.717) is 17.2 Å². The fourth-order valence-electron chi connectivity index (χ4n) is 2.56. The molecule has 0 atom stereocenters. The number of amides is 1. The quantitative estimate of drug-likeness (QED) is 0.313. The van der Waals surface area contributed by atoms with Gasteiger partial charge in [0, 0.05) is 23.5 Å². The topological polar surface area (TPSA) is 127 Å². The van der Waals surface area contributed by atoms with Crippen molar-refractivity contribution in [3.8, 4) is 11.5 Å². The van der Waals surface area contributed by atoms with Crippen molar-refractivity contribution in [3.05, 3.63) is 76.5 Å². The summed E-state index contributed by atoms with van der Waals surface area (Å²) in [6.45, 7) is 1.99. The van der Waals surface area contributed by atoms with E-state index in [0.717, 1.165) is 0 Å². The number of hydrogen-bond donors (Lipinski definition) is 3. The molecule has 2 aromatic carbocycles. The van der Waals surface area contributed by atoms with E-state index in [4.69, 9.17) is 4.74 Å². The Morgan fingerprint density at radius 1 is 1.21 bits per heavy atom. The van der Waals surface area contributed by atoms with Crippen LogP contribution in [0.4, 0.5) is 22.9 Å². The first-order chi connectivity index (χ1) is 14.0. The largest absolute Gasteiger partial charge is 0.508 e. The molecule has 0 fully saturated rings. The number of nitro benzene ring substituents is 1. The number of phenols is 1. The number of benzene rings is 2. The molecule has 1 heterocycles. The van der Waals surface area contributed by atoms with E-state index in [2.05, 4.69) is 15.6 Å². The Morgan fingerprint density at radius 2 is 1.97 bits per heavy atom. The highest BCUT2D eigenvalue weighted by molar-refractivity contribution is 6.06. The number of phenolic OH excluding ortho intramolecular Hbond substituents is 1. The standard InChI is InChI=1S/C20H18N4O5/c1-2-29-18-10-5-13(12-17(18)24(27)28)20(26)23-16-4-3-11-21-19(16)22-14-6-8-15(25)9-7-14/h3-12,25H,2H2,1H3,(H,21,22)(H,23,26). The molecule has 0 bridgehead atoms. The molecule has 1 aromatic heterocycles. The minimum atomic E-state index is -0.594. The maximum absolute atomic E-state index is 12.6. The Balaban J connectivity index is 1.83. The van der Waals surface area contributed by atoms with Crippen LogP contribution in [0.1, 0.15) is 17.3 Å². The Morgan fingerprint density at radius 3 is 2.66 bits per heavy atom. The number of carbonyl (C=O) groups is 1. The average molecular weight is 394 g/mol. The van der Waals surface area contributed by atoms with Gasteiger partial charge >= 0.3 is 5.69 Å². The van der Waals surface area contributed by atoms with Gasteiger partial charge in [0.1, 0.15) is 5.75 Å². The van der Waals surface area contributed by atoms with E-state index in [1.807, 2.05) is 0 Å². The van der Waals surface area contributed by atoms with Crippen LogP contribution in [-0.2, 0) is 0 Å². The fourth-order valence-corrected chi connectivity index (χ4v) is 2.56. The Labute approximate surface area is 166 Å². The van der Waals surface area contributed by atoms with Gasteiger partial charge in [0.25, 0.3) is 5.91 Å². The molecule has 3 N–H and O–H groups in total. The monoisotopic (exact) mass is 394 g/mol. The molecule has 0 aliphatic carbocycles. The van der Waals surface area contributed by atoms with Crippen LogP contribution < -0.4 is 15.4 Å². The van der Waals surface area contributed by atoms with Crippen molar-refractivity contribution < 1.29 is 19.6 Å². The van der Waals surface area contributed by atoms with Crippen LogP contribution in [-0.4, -0.2) is 27.5 Å². The number of nitrogens with one attached hydrogen (secondary N) is 2. The van der Waals surface area contributed by atoms with Crippen LogP contribution in [0, 0.1) is 10.1 Å². The molecule has 9 heteroatoms. The molecule has 3 rings (SSSR count). The van der Waals surface area contributed by atoms with Gasteiger partial charge in [-0.1, -0.05) is 0 Å². The molecule has 0 unspecified atom stereocenters. The number of nitrogens with zero attached hydrogens (tertiary/aromatic N) is 2. The minimum absolute atomic E-state index is 0.102. The summed E-state index contributed by atoms with van der Waals surface area (Å²) >= 11 is 0. The second kappa shape index (κ2) is 8.70. The van der Waals surface area contributed by atoms with Crippen LogP contribution in [0.3, 0.4) is 0 Å². The Kier molecular flexibility index (Phi) is 5.88. The van der Waals surface area contributed by atoms with Gasteiger partial charge in [0.05, 0.1) is 17.2 Å². The summed E-state index contributed by atoms with van der Waals surface area (Å²) in [5.74, 6) is 0.0807. The first-order valence-corrected chi connectivity index (χ1v) is 8.71. The molecule has 148 valence electrons. The van der Waals surface area contributed by atoms with Gasteiger partial charge in [0.15, 0.2) is 11.6 Å². The zero-order chi connectivity index (χ0) is 20.8. The van der Waals surface area contributed by atoms with E-state index in [9.17, 15) is 20.0 Å². The molecule has 0 saturated carbocycles. The van der Waals surface area contributed by atoms with Gasteiger partial charge in [-0.3, -0.25) is 14.9 Å². The predicted octanol–water partition coefficient (Wildman–Crippen LogP) is 4.09. The van der Waals surface area contributed by atoms with Crippen LogP contribution in [0.25, 0.3) is 0 Å². The van der Waals surface area contributed by atoms with Gasteiger partial charge in [-0.15, -0.1) is 0 Å². The van der Waals surface area contributed by atoms with Gasteiger partial charge in [-0.2, -0.15) is 0 Å². The summed E-state index contributed by atoms with van der Waals surface area (Å²) in [5.41, 5.74) is 0.878. The number of aromatic hydroxyl groups is 1. The third kappa shape index (κ3) is 4.78. The molecule has 3 aromatic rings. The molecule has 0 saturated heterocycles. The maximum atomic E-state index is 12.6. The zero-order valence-corrected chi connectivity index (χ0v) is 15.5. The summed E-state index contributed by atoms with van der Waals surface area (Å²) in [4.78, 5) is 27.5. The molecule has 0 aliphatic heterocycles. The van der Waals surface area contributed by atoms with Crippen molar-refractivity contribution in [2.45, 2.75) is 6.92 Å². The fraction of sp³-hybridized carbons (Fsp3) is 0.100. The zero-order valence-electron chi connectivity index (χ0n) is 15.5. The van der Waals surface area contributed by atoms with Crippen LogP contribution in [0.5, 0.6) is 11.5 Å². The normalized spacial score (nSPS) is 10.2. The number of hydrogen-bond acceptors (Lipinski definition) is 7. The SMILES string of the molecule is CCOc1ccc(C(=O)Nc2cccnc2Nc2ccc(O)cc2)cc1[N+](=O)[O-]. The summed E-state index contributed by atoms with van der Waals surface area (Å²) in [7, 11) is 0. The first kappa shape index (κ1) is 19.6. The van der Waals surface area contributed by atoms with Crippen molar-refractivity contribution in [2.24, 2.45) is 0 Å². The van der Waals surface area contributed by atoms with E-state index in [1.54, 1.807) is 37.4 Å². The highest BCUT2D eigenvalue weighted by Crippen LogP contribution is 2.29. The first-order valence-electron chi connectivity index (χ1n) is 8.71. The molecule has 0 radical (unpaired) electrons. The van der Waals surface area contributed by atoms with Crippen LogP contribution in [0.15, 0.2) is 60.8 Å². The number of ether oxygens (including phenoxy) is 1. The second-order valence-corrected chi connectivity index (χ2v) is 5.90. The Bertz CT molecular complexity index is 1040. The Hall–Kier alpha value is -4.14. The van der Waals surface area contributed by atoms with Gasteiger partial charge in [-0.05, 0) is 55.5 Å². The number of rotatable bonds is 7. The average Bonchev–Trinajstić information content (AvgIpc) is 2.71. The highest BCUT2D eigenvalue weighted by Gasteiger charge is 2.19. The van der Waals surface area contributed by atoms with Crippen LogP contribution >= 0.6 is 0 Å². The lowest BCUT2D eigenvalue weighted by Crippen LogP contribution is -2.14. The third-order valence-corrected chi connectivity index (χ3v) is 3.90. The third-order valence-electron chi connectivity index (χ3n) is 3.90. The van der Waals surface area contributed by atoms with Crippen molar-refractivity contribution >= 4 is 28.8 Å². The summed E-state index contributed by atoms with van der Waals surface area (Å²) in [6.07, 6.45) is 1.56. The van der Waals surface area contributed by atoms with E-state index < -0.39 is 10.8 Å². The lowest BCUT2D eigenvalue weighted by atomic mass is 10.1. The number of nitro groups is 1. The number of aromatic nitrogens is 1. The number of carbonyl (C=O) groups excluding carboxylic acids is 1. The smallest absolute Gasteiger partial charge is 0.311 e. The molecule has 29 heavy (non-hydrogen) atoms. The van der Waals surface area contributed by atoms with E-state index >= 15 is 0 Å². The van der Waals surface area contributed by atoms with E-state index in [-0.39, 0.29) is 29.4 Å². The number of pyridine rings is 1. The van der Waals surface area contributed by atoms with Crippen molar-refractivity contribution in [2.75, 3.05) is 17.2 Å². The van der Waals surface area contributed by atoms with Crippen LogP contribution in [0.2, 0.25) is 0 Å². The summed E-state index contributed by atoms with van der Waals surface area (Å²) in [6, 6.07) is 13.7. The molecular weight excluding hydrogens is 376 g/mol. The second-order valence-electron chi connectivity index (χ2n) is 5.90. The van der Waals surface area contributed by atoms with Gasteiger partial charge < -0.3 is 20.5 Å². The molecule has 0 spiro atoms.